The molecule has 0 heterocycles. The van der Waals surface area contributed by atoms with Gasteiger partial charge in [0.15, 0.2) is 0 Å². The van der Waals surface area contributed by atoms with Gasteiger partial charge in [-0.25, -0.2) is 0 Å². The van der Waals surface area contributed by atoms with Crippen molar-refractivity contribution >= 4 is 11.8 Å². The van der Waals surface area contributed by atoms with E-state index in [0.29, 0.717) is 19.0 Å². The van der Waals surface area contributed by atoms with Crippen LogP contribution in [-0.2, 0) is 16.1 Å². The third-order valence-electron chi connectivity index (χ3n) is 2.71. The molecule has 1 aromatic rings. The maximum absolute atomic E-state index is 11.9. The quantitative estimate of drug-likeness (QED) is 0.795. The smallest absolute Gasteiger partial charge is 0.232 e. The molecule has 0 fully saturated rings. The van der Waals surface area contributed by atoms with E-state index in [1.54, 1.807) is 11.9 Å². The first-order valence-corrected chi connectivity index (χ1v) is 6.53. The molecule has 0 aromatic heterocycles. The zero-order chi connectivity index (χ0) is 14.3. The summed E-state index contributed by atoms with van der Waals surface area (Å²) in [5.74, 6) is 0.0184. The molecule has 0 aliphatic carbocycles. The molecular formula is C15H22N2O2. The average Bonchev–Trinajstić information content (AvgIpc) is 2.37. The van der Waals surface area contributed by atoms with Gasteiger partial charge in [0.2, 0.25) is 11.8 Å². The number of hydrogen-bond acceptors (Lipinski definition) is 2. The Balaban J connectivity index is 2.38. The van der Waals surface area contributed by atoms with Crippen molar-refractivity contribution in [2.75, 3.05) is 13.6 Å². The molecule has 1 aromatic carbocycles. The Hall–Kier alpha value is -1.84. The normalized spacial score (nSPS) is 10.3. The highest BCUT2D eigenvalue weighted by molar-refractivity contribution is 5.96. The van der Waals surface area contributed by atoms with Crippen LogP contribution in [0.25, 0.3) is 0 Å². The standard InChI is InChI=1S/C15H22N2O2/c1-12(2)10-16-14(18)9-15(19)17(3)11-13-7-5-4-6-8-13/h4-8,12H,9-11H2,1-3H3,(H,16,18). The zero-order valence-corrected chi connectivity index (χ0v) is 11.8. The lowest BCUT2D eigenvalue weighted by Gasteiger charge is -2.17. The molecule has 0 radical (unpaired) electrons. The summed E-state index contributed by atoms with van der Waals surface area (Å²) in [6, 6.07) is 9.72. The largest absolute Gasteiger partial charge is 0.355 e. The Labute approximate surface area is 114 Å². The molecule has 0 atom stereocenters. The molecule has 1 N–H and O–H groups in total. The number of rotatable bonds is 6. The van der Waals surface area contributed by atoms with Crippen LogP contribution >= 0.6 is 0 Å². The Morgan fingerprint density at radius 2 is 1.84 bits per heavy atom. The molecule has 19 heavy (non-hydrogen) atoms. The molecule has 0 spiro atoms. The topological polar surface area (TPSA) is 49.4 Å². The van der Waals surface area contributed by atoms with Crippen molar-refractivity contribution in [1.29, 1.82) is 0 Å². The lowest BCUT2D eigenvalue weighted by Crippen LogP contribution is -2.34. The zero-order valence-electron chi connectivity index (χ0n) is 11.8. The predicted molar refractivity (Wildman–Crippen MR) is 75.4 cm³/mol. The van der Waals surface area contributed by atoms with Crippen molar-refractivity contribution in [3.8, 4) is 0 Å². The molecule has 0 saturated heterocycles. The number of benzene rings is 1. The van der Waals surface area contributed by atoms with Crippen LogP contribution in [0.15, 0.2) is 30.3 Å². The fourth-order valence-corrected chi connectivity index (χ4v) is 1.60. The molecule has 0 aliphatic rings. The van der Waals surface area contributed by atoms with E-state index in [2.05, 4.69) is 5.32 Å². The van der Waals surface area contributed by atoms with Crippen LogP contribution in [0.5, 0.6) is 0 Å². The first-order valence-electron chi connectivity index (χ1n) is 6.53. The van der Waals surface area contributed by atoms with Gasteiger partial charge in [0.25, 0.3) is 0 Å². The minimum atomic E-state index is -0.210. The van der Waals surface area contributed by atoms with E-state index >= 15 is 0 Å². The summed E-state index contributed by atoms with van der Waals surface area (Å²) in [6.45, 7) is 5.17. The number of carbonyl (C=O) groups is 2. The number of nitrogens with zero attached hydrogens (tertiary/aromatic N) is 1. The summed E-state index contributed by atoms with van der Waals surface area (Å²) < 4.78 is 0. The monoisotopic (exact) mass is 262 g/mol. The first kappa shape index (κ1) is 15.2. The van der Waals surface area contributed by atoms with Gasteiger partial charge in [-0.15, -0.1) is 0 Å². The molecule has 4 heteroatoms. The van der Waals surface area contributed by atoms with Gasteiger partial charge in [-0.2, -0.15) is 0 Å². The Morgan fingerprint density at radius 3 is 2.42 bits per heavy atom. The minimum Gasteiger partial charge on any atom is -0.355 e. The Kier molecular flexibility index (Phi) is 6.06. The minimum absolute atomic E-state index is 0.0872. The molecule has 0 bridgehead atoms. The predicted octanol–water partition coefficient (Wildman–Crippen LogP) is 1.81. The van der Waals surface area contributed by atoms with Crippen LogP contribution in [0.2, 0.25) is 0 Å². The highest BCUT2D eigenvalue weighted by Crippen LogP contribution is 2.04. The van der Waals surface area contributed by atoms with E-state index in [4.69, 9.17) is 0 Å². The maximum Gasteiger partial charge on any atom is 0.232 e. The summed E-state index contributed by atoms with van der Waals surface area (Å²) in [7, 11) is 1.71. The number of amides is 2. The van der Waals surface area contributed by atoms with E-state index < -0.39 is 0 Å². The lowest BCUT2D eigenvalue weighted by molar-refractivity contribution is -0.135. The van der Waals surface area contributed by atoms with Crippen molar-refractivity contribution < 1.29 is 9.59 Å². The lowest BCUT2D eigenvalue weighted by atomic mass is 10.2. The van der Waals surface area contributed by atoms with Crippen molar-refractivity contribution in [3.05, 3.63) is 35.9 Å². The molecule has 1 rings (SSSR count). The summed E-state index contributed by atoms with van der Waals surface area (Å²) >= 11 is 0. The maximum atomic E-state index is 11.9. The molecule has 0 unspecified atom stereocenters. The van der Waals surface area contributed by atoms with Crippen LogP contribution in [-0.4, -0.2) is 30.3 Å². The summed E-state index contributed by atoms with van der Waals surface area (Å²) in [6.07, 6.45) is -0.0872. The fraction of sp³-hybridized carbons (Fsp3) is 0.467. The van der Waals surface area contributed by atoms with E-state index in [1.165, 1.54) is 0 Å². The molecule has 0 aliphatic heterocycles. The highest BCUT2D eigenvalue weighted by Gasteiger charge is 2.14. The van der Waals surface area contributed by atoms with Gasteiger partial charge in [0.1, 0.15) is 6.42 Å². The van der Waals surface area contributed by atoms with Crippen LogP contribution in [0.4, 0.5) is 0 Å². The van der Waals surface area contributed by atoms with Crippen LogP contribution < -0.4 is 5.32 Å². The van der Waals surface area contributed by atoms with Gasteiger partial charge < -0.3 is 10.2 Å². The Bertz CT molecular complexity index is 415. The van der Waals surface area contributed by atoms with Gasteiger partial charge in [0, 0.05) is 20.1 Å². The summed E-state index contributed by atoms with van der Waals surface area (Å²) in [5, 5.41) is 2.75. The van der Waals surface area contributed by atoms with E-state index in [1.807, 2.05) is 44.2 Å². The number of hydrogen-bond donors (Lipinski definition) is 1. The Morgan fingerprint density at radius 1 is 1.21 bits per heavy atom. The van der Waals surface area contributed by atoms with E-state index in [-0.39, 0.29) is 18.2 Å². The molecule has 2 amide bonds. The summed E-state index contributed by atoms with van der Waals surface area (Å²) in [5.41, 5.74) is 1.06. The first-order chi connectivity index (χ1) is 8.99. The van der Waals surface area contributed by atoms with Crippen molar-refractivity contribution in [2.45, 2.75) is 26.8 Å². The second kappa shape index (κ2) is 7.56. The third-order valence-corrected chi connectivity index (χ3v) is 2.71. The summed E-state index contributed by atoms with van der Waals surface area (Å²) in [4.78, 5) is 25.0. The van der Waals surface area contributed by atoms with Gasteiger partial charge in [-0.05, 0) is 11.5 Å². The van der Waals surface area contributed by atoms with Crippen LogP contribution in [0.3, 0.4) is 0 Å². The van der Waals surface area contributed by atoms with Gasteiger partial charge in [0.05, 0.1) is 0 Å². The SMILES string of the molecule is CC(C)CNC(=O)CC(=O)N(C)Cc1ccccc1. The van der Waals surface area contributed by atoms with Crippen molar-refractivity contribution in [1.82, 2.24) is 10.2 Å². The fourth-order valence-electron chi connectivity index (χ4n) is 1.60. The van der Waals surface area contributed by atoms with E-state index in [9.17, 15) is 9.59 Å². The molecule has 0 saturated carbocycles. The van der Waals surface area contributed by atoms with Crippen LogP contribution in [0, 0.1) is 5.92 Å². The van der Waals surface area contributed by atoms with Gasteiger partial charge in [-0.1, -0.05) is 44.2 Å². The molecule has 104 valence electrons. The average molecular weight is 262 g/mol. The second-order valence-corrected chi connectivity index (χ2v) is 5.11. The number of nitrogens with one attached hydrogen (secondary N) is 1. The third kappa shape index (κ3) is 6.04. The van der Waals surface area contributed by atoms with E-state index in [0.717, 1.165) is 5.56 Å². The van der Waals surface area contributed by atoms with Gasteiger partial charge in [-0.3, -0.25) is 9.59 Å². The van der Waals surface area contributed by atoms with Gasteiger partial charge >= 0.3 is 0 Å². The molecular weight excluding hydrogens is 240 g/mol. The van der Waals surface area contributed by atoms with Crippen molar-refractivity contribution in [2.24, 2.45) is 5.92 Å². The van der Waals surface area contributed by atoms with Crippen molar-refractivity contribution in [3.63, 3.8) is 0 Å². The second-order valence-electron chi connectivity index (χ2n) is 5.11. The number of carbonyl (C=O) groups excluding carboxylic acids is 2. The molecule has 4 nitrogen and oxygen atoms in total. The van der Waals surface area contributed by atoms with Crippen LogP contribution in [0.1, 0.15) is 25.8 Å². The highest BCUT2D eigenvalue weighted by atomic mass is 16.2.